The van der Waals surface area contributed by atoms with Crippen LogP contribution >= 0.6 is 0 Å². The third kappa shape index (κ3) is 4.89. The van der Waals surface area contributed by atoms with Gasteiger partial charge in [-0.25, -0.2) is 0 Å². The number of nitrogens with zero attached hydrogens (tertiary/aromatic N) is 3. The molecule has 2 amide bonds. The third-order valence-corrected chi connectivity index (χ3v) is 2.81. The van der Waals surface area contributed by atoms with Gasteiger partial charge in [0.05, 0.1) is 18.7 Å². The predicted molar refractivity (Wildman–Crippen MR) is 80.4 cm³/mol. The molecular weight excluding hydrogens is 268 g/mol. The van der Waals surface area contributed by atoms with E-state index < -0.39 is 0 Å². The Morgan fingerprint density at radius 1 is 1.33 bits per heavy atom. The molecule has 0 aromatic carbocycles. The molecule has 0 atom stereocenters. The van der Waals surface area contributed by atoms with Crippen molar-refractivity contribution in [1.29, 1.82) is 0 Å². The van der Waals surface area contributed by atoms with Gasteiger partial charge in [0.25, 0.3) is 5.91 Å². The second-order valence-corrected chi connectivity index (χ2v) is 4.58. The normalized spacial score (nSPS) is 9.52. The van der Waals surface area contributed by atoms with Gasteiger partial charge in [0, 0.05) is 38.6 Å². The van der Waals surface area contributed by atoms with Gasteiger partial charge in [-0.2, -0.15) is 0 Å². The summed E-state index contributed by atoms with van der Waals surface area (Å²) < 4.78 is 0. The molecule has 112 valence electrons. The molecule has 0 saturated heterocycles. The van der Waals surface area contributed by atoms with Crippen LogP contribution < -0.4 is 5.73 Å². The molecule has 21 heavy (non-hydrogen) atoms. The van der Waals surface area contributed by atoms with Crippen molar-refractivity contribution >= 4 is 11.8 Å². The molecule has 6 heteroatoms. The van der Waals surface area contributed by atoms with Crippen LogP contribution in [0.15, 0.2) is 18.5 Å². The Morgan fingerprint density at radius 2 is 2.05 bits per heavy atom. The summed E-state index contributed by atoms with van der Waals surface area (Å²) in [6.45, 7) is 2.56. The average Bonchev–Trinajstić information content (AvgIpc) is 2.49. The van der Waals surface area contributed by atoms with Gasteiger partial charge in [0.1, 0.15) is 0 Å². The number of carbonyl (C=O) groups is 2. The molecule has 0 saturated carbocycles. The Morgan fingerprint density at radius 3 is 2.62 bits per heavy atom. The van der Waals surface area contributed by atoms with Crippen LogP contribution in [0, 0.1) is 11.8 Å². The molecule has 1 aromatic heterocycles. The molecule has 1 heterocycles. The van der Waals surface area contributed by atoms with Crippen LogP contribution in [0.25, 0.3) is 0 Å². The molecule has 2 N–H and O–H groups in total. The highest BCUT2D eigenvalue weighted by Crippen LogP contribution is 2.06. The second-order valence-electron chi connectivity index (χ2n) is 4.58. The molecule has 6 nitrogen and oxygen atoms in total. The van der Waals surface area contributed by atoms with Crippen molar-refractivity contribution in [2.45, 2.75) is 6.92 Å². The van der Waals surface area contributed by atoms with Gasteiger partial charge in [-0.15, -0.1) is 0 Å². The summed E-state index contributed by atoms with van der Waals surface area (Å²) in [5.74, 6) is 5.18. The summed E-state index contributed by atoms with van der Waals surface area (Å²) in [4.78, 5) is 31.1. The highest BCUT2D eigenvalue weighted by molar-refractivity contribution is 5.96. The number of pyridine rings is 1. The number of nitrogens with two attached hydrogens (primary N) is 1. The summed E-state index contributed by atoms with van der Waals surface area (Å²) in [7, 11) is 3.32. The van der Waals surface area contributed by atoms with Crippen molar-refractivity contribution in [1.82, 2.24) is 14.8 Å². The van der Waals surface area contributed by atoms with E-state index >= 15 is 0 Å². The lowest BCUT2D eigenvalue weighted by atomic mass is 10.2. The molecule has 0 spiro atoms. The summed E-state index contributed by atoms with van der Waals surface area (Å²) in [6.07, 6.45) is 3.04. The van der Waals surface area contributed by atoms with Crippen LogP contribution in [0.2, 0.25) is 0 Å². The van der Waals surface area contributed by atoms with E-state index in [4.69, 9.17) is 5.73 Å². The van der Waals surface area contributed by atoms with Gasteiger partial charge >= 0.3 is 0 Å². The molecule has 1 aromatic rings. The molecule has 0 radical (unpaired) electrons. The Kier molecular flexibility index (Phi) is 6.37. The van der Waals surface area contributed by atoms with E-state index in [1.807, 2.05) is 6.92 Å². The van der Waals surface area contributed by atoms with Crippen LogP contribution in [0.3, 0.4) is 0 Å². The van der Waals surface area contributed by atoms with Crippen molar-refractivity contribution in [3.05, 3.63) is 29.6 Å². The monoisotopic (exact) mass is 288 g/mol. The first-order valence-corrected chi connectivity index (χ1v) is 6.63. The summed E-state index contributed by atoms with van der Waals surface area (Å²) in [6, 6.07) is 1.65. The Labute approximate surface area is 124 Å². The molecule has 0 bridgehead atoms. The van der Waals surface area contributed by atoms with E-state index in [2.05, 4.69) is 16.8 Å². The van der Waals surface area contributed by atoms with E-state index in [1.165, 1.54) is 16.0 Å². The SMILES string of the molecule is CCN(CC(=O)N(C)C)C(=O)c1cncc(C#CCN)c1. The second kappa shape index (κ2) is 8.02. The molecular formula is C15H20N4O2. The smallest absolute Gasteiger partial charge is 0.255 e. The number of rotatable bonds is 4. The predicted octanol–water partition coefficient (Wildman–Crippen LogP) is -0.0579. The minimum atomic E-state index is -0.239. The van der Waals surface area contributed by atoms with E-state index in [0.717, 1.165) is 0 Å². The summed E-state index contributed by atoms with van der Waals surface area (Å²) >= 11 is 0. The quantitative estimate of drug-likeness (QED) is 0.787. The number of hydrogen-bond donors (Lipinski definition) is 1. The maximum Gasteiger partial charge on any atom is 0.255 e. The largest absolute Gasteiger partial charge is 0.347 e. The number of aromatic nitrogens is 1. The molecule has 0 unspecified atom stereocenters. The van der Waals surface area contributed by atoms with Gasteiger partial charge in [0.2, 0.25) is 5.91 Å². The minimum absolute atomic E-state index is 0.0427. The Hall–Kier alpha value is -2.39. The van der Waals surface area contributed by atoms with E-state index in [1.54, 1.807) is 26.4 Å². The zero-order chi connectivity index (χ0) is 15.8. The van der Waals surface area contributed by atoms with E-state index in [0.29, 0.717) is 17.7 Å². The first-order valence-electron chi connectivity index (χ1n) is 6.63. The van der Waals surface area contributed by atoms with E-state index in [-0.39, 0.29) is 24.9 Å². The van der Waals surface area contributed by atoms with Crippen LogP contribution in [-0.2, 0) is 4.79 Å². The molecule has 0 aliphatic carbocycles. The summed E-state index contributed by atoms with van der Waals surface area (Å²) in [5, 5.41) is 0. The standard InChI is InChI=1S/C15H20N4O2/c1-4-19(11-14(20)18(2)3)15(21)13-8-12(6-5-7-16)9-17-10-13/h8-10H,4,7,11,16H2,1-3H3. The molecule has 0 fully saturated rings. The topological polar surface area (TPSA) is 79.5 Å². The number of hydrogen-bond acceptors (Lipinski definition) is 4. The average molecular weight is 288 g/mol. The highest BCUT2D eigenvalue weighted by atomic mass is 16.2. The van der Waals surface area contributed by atoms with Crippen molar-refractivity contribution in [2.24, 2.45) is 5.73 Å². The molecule has 0 aliphatic rings. The first-order chi connectivity index (χ1) is 9.99. The van der Waals surface area contributed by atoms with Crippen LogP contribution in [0.1, 0.15) is 22.8 Å². The third-order valence-electron chi connectivity index (χ3n) is 2.81. The van der Waals surface area contributed by atoms with Gasteiger partial charge in [-0.05, 0) is 13.0 Å². The maximum absolute atomic E-state index is 12.4. The van der Waals surface area contributed by atoms with Crippen molar-refractivity contribution < 1.29 is 9.59 Å². The van der Waals surface area contributed by atoms with Gasteiger partial charge < -0.3 is 15.5 Å². The maximum atomic E-state index is 12.4. The van der Waals surface area contributed by atoms with Crippen molar-refractivity contribution in [3.63, 3.8) is 0 Å². The fourth-order valence-electron chi connectivity index (χ4n) is 1.59. The lowest BCUT2D eigenvalue weighted by Crippen LogP contribution is -2.40. The van der Waals surface area contributed by atoms with Crippen LogP contribution in [0.5, 0.6) is 0 Å². The Bertz CT molecular complexity index is 573. The highest BCUT2D eigenvalue weighted by Gasteiger charge is 2.18. The first kappa shape index (κ1) is 16.7. The fraction of sp³-hybridized carbons (Fsp3) is 0.400. The van der Waals surface area contributed by atoms with Gasteiger partial charge in [-0.1, -0.05) is 11.8 Å². The molecule has 1 rings (SSSR count). The fourth-order valence-corrected chi connectivity index (χ4v) is 1.59. The number of likely N-dealkylation sites (N-methyl/N-ethyl adjacent to an activating group) is 2. The number of amides is 2. The van der Waals surface area contributed by atoms with Crippen LogP contribution in [-0.4, -0.2) is 60.3 Å². The lowest BCUT2D eigenvalue weighted by Gasteiger charge is -2.22. The van der Waals surface area contributed by atoms with Gasteiger partial charge in [0.15, 0.2) is 0 Å². The zero-order valence-electron chi connectivity index (χ0n) is 12.6. The lowest BCUT2D eigenvalue weighted by molar-refractivity contribution is -0.129. The van der Waals surface area contributed by atoms with Crippen molar-refractivity contribution in [3.8, 4) is 11.8 Å². The van der Waals surface area contributed by atoms with Crippen molar-refractivity contribution in [2.75, 3.05) is 33.7 Å². The van der Waals surface area contributed by atoms with E-state index in [9.17, 15) is 9.59 Å². The molecule has 0 aliphatic heterocycles. The van der Waals surface area contributed by atoms with Crippen LogP contribution in [0.4, 0.5) is 0 Å². The zero-order valence-corrected chi connectivity index (χ0v) is 12.6. The summed E-state index contributed by atoms with van der Waals surface area (Å²) in [5.41, 5.74) is 6.35. The number of carbonyl (C=O) groups excluding carboxylic acids is 2. The Balaban J connectivity index is 2.92. The minimum Gasteiger partial charge on any atom is -0.347 e. The van der Waals surface area contributed by atoms with Gasteiger partial charge in [-0.3, -0.25) is 14.6 Å².